The van der Waals surface area contributed by atoms with E-state index >= 15 is 0 Å². The Labute approximate surface area is 104 Å². The second-order valence-corrected chi connectivity index (χ2v) is 4.01. The van der Waals surface area contributed by atoms with Crippen LogP contribution in [-0.4, -0.2) is 10.5 Å². The molecule has 0 amide bonds. The van der Waals surface area contributed by atoms with Crippen molar-refractivity contribution in [1.82, 2.24) is 4.57 Å². The van der Waals surface area contributed by atoms with Crippen molar-refractivity contribution in [2.75, 3.05) is 5.73 Å². The molecule has 17 heavy (non-hydrogen) atoms. The SMILES string of the molecule is Cn1ccc(C(=O)Oc2ccc(Cl)cc2)c1N. The van der Waals surface area contributed by atoms with Gasteiger partial charge in [0, 0.05) is 18.3 Å². The molecule has 0 saturated carbocycles. The molecule has 88 valence electrons. The Bertz CT molecular complexity index is 546. The number of esters is 1. The molecule has 0 aliphatic carbocycles. The van der Waals surface area contributed by atoms with Gasteiger partial charge in [-0.2, -0.15) is 0 Å². The maximum Gasteiger partial charge on any atom is 0.347 e. The Hall–Kier alpha value is -1.94. The number of ether oxygens (including phenoxy) is 1. The molecule has 2 rings (SSSR count). The van der Waals surface area contributed by atoms with Gasteiger partial charge in [-0.05, 0) is 30.3 Å². The standard InChI is InChI=1S/C12H11ClN2O2/c1-15-7-6-10(11(15)14)12(16)17-9-4-2-8(13)3-5-9/h2-7H,14H2,1H3. The lowest BCUT2D eigenvalue weighted by Crippen LogP contribution is -2.10. The molecule has 5 heteroatoms. The van der Waals surface area contributed by atoms with Crippen molar-refractivity contribution in [2.24, 2.45) is 7.05 Å². The van der Waals surface area contributed by atoms with Crippen molar-refractivity contribution in [2.45, 2.75) is 0 Å². The number of rotatable bonds is 2. The van der Waals surface area contributed by atoms with Crippen molar-refractivity contribution in [3.05, 3.63) is 47.1 Å². The summed E-state index contributed by atoms with van der Waals surface area (Å²) in [5, 5.41) is 0.587. The van der Waals surface area contributed by atoms with Gasteiger partial charge in [-0.25, -0.2) is 4.79 Å². The van der Waals surface area contributed by atoms with Gasteiger partial charge in [0.15, 0.2) is 0 Å². The summed E-state index contributed by atoms with van der Waals surface area (Å²) in [6.07, 6.45) is 1.70. The molecule has 0 bridgehead atoms. The number of carbonyl (C=O) groups is 1. The van der Waals surface area contributed by atoms with E-state index in [9.17, 15) is 4.79 Å². The summed E-state index contributed by atoms with van der Waals surface area (Å²) in [5.41, 5.74) is 6.07. The van der Waals surface area contributed by atoms with E-state index in [2.05, 4.69) is 0 Å². The fourth-order valence-electron chi connectivity index (χ4n) is 1.38. The first-order valence-electron chi connectivity index (χ1n) is 4.96. The maximum atomic E-state index is 11.8. The number of hydrogen-bond donors (Lipinski definition) is 1. The van der Waals surface area contributed by atoms with E-state index in [1.807, 2.05) is 0 Å². The summed E-state index contributed by atoms with van der Waals surface area (Å²) in [5.74, 6) is 0.331. The van der Waals surface area contributed by atoms with Gasteiger partial charge in [0.25, 0.3) is 0 Å². The van der Waals surface area contributed by atoms with E-state index in [0.29, 0.717) is 22.2 Å². The molecule has 1 aromatic heterocycles. The molecular weight excluding hydrogens is 240 g/mol. The van der Waals surface area contributed by atoms with Gasteiger partial charge < -0.3 is 15.0 Å². The number of benzene rings is 1. The fraction of sp³-hybridized carbons (Fsp3) is 0.0833. The first kappa shape index (κ1) is 11.5. The number of nitrogen functional groups attached to an aromatic ring is 1. The van der Waals surface area contributed by atoms with E-state index in [-0.39, 0.29) is 0 Å². The molecule has 0 atom stereocenters. The zero-order valence-electron chi connectivity index (χ0n) is 9.18. The second kappa shape index (κ2) is 4.51. The molecule has 1 aromatic carbocycles. The third kappa shape index (κ3) is 2.42. The minimum atomic E-state index is -0.481. The van der Waals surface area contributed by atoms with Gasteiger partial charge in [0.2, 0.25) is 0 Å². The predicted octanol–water partition coefficient (Wildman–Crippen LogP) is 2.48. The number of halogens is 1. The van der Waals surface area contributed by atoms with Crippen LogP contribution in [0.4, 0.5) is 5.82 Å². The quantitative estimate of drug-likeness (QED) is 0.658. The number of hydrogen-bond acceptors (Lipinski definition) is 3. The lowest BCUT2D eigenvalue weighted by Gasteiger charge is -2.04. The molecule has 1 heterocycles. The highest BCUT2D eigenvalue weighted by atomic mass is 35.5. The third-order valence-corrected chi connectivity index (χ3v) is 2.62. The summed E-state index contributed by atoms with van der Waals surface area (Å²) in [6, 6.07) is 8.17. The number of aromatic nitrogens is 1. The van der Waals surface area contributed by atoms with Crippen molar-refractivity contribution >= 4 is 23.4 Å². The lowest BCUT2D eigenvalue weighted by atomic mass is 10.3. The zero-order chi connectivity index (χ0) is 12.4. The summed E-state index contributed by atoms with van der Waals surface area (Å²) < 4.78 is 6.81. The van der Waals surface area contributed by atoms with Crippen molar-refractivity contribution < 1.29 is 9.53 Å². The highest BCUT2D eigenvalue weighted by Gasteiger charge is 2.14. The number of nitrogens with two attached hydrogens (primary N) is 1. The van der Waals surface area contributed by atoms with Crippen LogP contribution in [0.3, 0.4) is 0 Å². The second-order valence-electron chi connectivity index (χ2n) is 3.57. The average Bonchev–Trinajstić information content (AvgIpc) is 2.63. The van der Waals surface area contributed by atoms with E-state index < -0.39 is 5.97 Å². The van der Waals surface area contributed by atoms with E-state index in [1.54, 1.807) is 48.1 Å². The Morgan fingerprint density at radius 3 is 2.47 bits per heavy atom. The molecule has 0 fully saturated rings. The van der Waals surface area contributed by atoms with Crippen LogP contribution in [0.15, 0.2) is 36.5 Å². The van der Waals surface area contributed by atoms with Crippen molar-refractivity contribution in [1.29, 1.82) is 0 Å². The van der Waals surface area contributed by atoms with Crippen molar-refractivity contribution in [3.8, 4) is 5.75 Å². The largest absolute Gasteiger partial charge is 0.423 e. The highest BCUT2D eigenvalue weighted by molar-refractivity contribution is 6.30. The minimum Gasteiger partial charge on any atom is -0.423 e. The average molecular weight is 251 g/mol. The van der Waals surface area contributed by atoms with Gasteiger partial charge >= 0.3 is 5.97 Å². The Morgan fingerprint density at radius 2 is 1.94 bits per heavy atom. The van der Waals surface area contributed by atoms with Crippen LogP contribution >= 0.6 is 11.6 Å². The van der Waals surface area contributed by atoms with Gasteiger partial charge in [0.05, 0.1) is 0 Å². The first-order valence-corrected chi connectivity index (χ1v) is 5.34. The van der Waals surface area contributed by atoms with E-state index in [4.69, 9.17) is 22.1 Å². The van der Waals surface area contributed by atoms with Gasteiger partial charge in [-0.3, -0.25) is 0 Å². The first-order chi connectivity index (χ1) is 8.08. The normalized spacial score (nSPS) is 10.2. The molecule has 0 saturated heterocycles. The maximum absolute atomic E-state index is 11.8. The monoisotopic (exact) mass is 250 g/mol. The van der Waals surface area contributed by atoms with Crippen LogP contribution in [0.25, 0.3) is 0 Å². The van der Waals surface area contributed by atoms with E-state index in [1.165, 1.54) is 0 Å². The Balaban J connectivity index is 2.17. The lowest BCUT2D eigenvalue weighted by molar-refractivity contribution is 0.0736. The molecule has 2 aromatic rings. The third-order valence-electron chi connectivity index (χ3n) is 2.36. The molecule has 0 spiro atoms. The van der Waals surface area contributed by atoms with E-state index in [0.717, 1.165) is 0 Å². The molecule has 0 aliphatic rings. The molecule has 0 unspecified atom stereocenters. The minimum absolute atomic E-state index is 0.349. The van der Waals surface area contributed by atoms with Gasteiger partial charge in [-0.1, -0.05) is 11.6 Å². The van der Waals surface area contributed by atoms with Crippen LogP contribution in [0.1, 0.15) is 10.4 Å². The Morgan fingerprint density at radius 1 is 1.29 bits per heavy atom. The molecule has 0 radical (unpaired) electrons. The summed E-state index contributed by atoms with van der Waals surface area (Å²) in [7, 11) is 1.76. The van der Waals surface area contributed by atoms with Crippen LogP contribution in [0.2, 0.25) is 5.02 Å². The zero-order valence-corrected chi connectivity index (χ0v) is 9.94. The Kier molecular flexibility index (Phi) is 3.06. The van der Waals surface area contributed by atoms with Crippen molar-refractivity contribution in [3.63, 3.8) is 0 Å². The van der Waals surface area contributed by atoms with Crippen LogP contribution in [0.5, 0.6) is 5.75 Å². The predicted molar refractivity (Wildman–Crippen MR) is 66.2 cm³/mol. The molecule has 2 N–H and O–H groups in total. The van der Waals surface area contributed by atoms with Crippen LogP contribution in [-0.2, 0) is 7.05 Å². The van der Waals surface area contributed by atoms with Gasteiger partial charge in [-0.15, -0.1) is 0 Å². The van der Waals surface area contributed by atoms with Crippen LogP contribution < -0.4 is 10.5 Å². The number of nitrogens with zero attached hydrogens (tertiary/aromatic N) is 1. The summed E-state index contributed by atoms with van der Waals surface area (Å²) >= 11 is 5.73. The highest BCUT2D eigenvalue weighted by Crippen LogP contribution is 2.19. The number of aryl methyl sites for hydroxylation is 1. The molecular formula is C12H11ClN2O2. The summed E-state index contributed by atoms with van der Waals surface area (Å²) in [6.45, 7) is 0. The van der Waals surface area contributed by atoms with Crippen LogP contribution in [0, 0.1) is 0 Å². The number of anilines is 1. The smallest absolute Gasteiger partial charge is 0.347 e. The number of carbonyl (C=O) groups excluding carboxylic acids is 1. The van der Waals surface area contributed by atoms with Gasteiger partial charge in [0.1, 0.15) is 17.1 Å². The molecule has 0 aliphatic heterocycles. The summed E-state index contributed by atoms with van der Waals surface area (Å²) in [4.78, 5) is 11.8. The topological polar surface area (TPSA) is 57.2 Å². The fourth-order valence-corrected chi connectivity index (χ4v) is 1.51. The molecule has 4 nitrogen and oxygen atoms in total.